The van der Waals surface area contributed by atoms with Gasteiger partial charge in [-0.25, -0.2) is 0 Å². The summed E-state index contributed by atoms with van der Waals surface area (Å²) in [6.07, 6.45) is 12.0. The topological polar surface area (TPSA) is 46.5 Å². The van der Waals surface area contributed by atoms with E-state index < -0.39 is 5.60 Å². The maximum atomic E-state index is 12.5. The summed E-state index contributed by atoms with van der Waals surface area (Å²) in [4.78, 5) is 12.5. The standard InChI is InChI=1S/C23H36O3/c1-4-21(24)20-8-7-19-18-6-5-15-13-23(25,14-26-3)12-10-16(15)17(18)9-11-22(19,20)2/h5,16-20,25H,4,6-14H2,1-3H3/t16-,17+,18+,19-,20+,22-,23+/m0/s1. The van der Waals surface area contributed by atoms with E-state index in [4.69, 9.17) is 4.74 Å². The van der Waals surface area contributed by atoms with Crippen molar-refractivity contribution in [2.45, 2.75) is 77.2 Å². The molecule has 4 aliphatic carbocycles. The highest BCUT2D eigenvalue weighted by molar-refractivity contribution is 5.82. The van der Waals surface area contributed by atoms with E-state index >= 15 is 0 Å². The smallest absolute Gasteiger partial charge is 0.136 e. The van der Waals surface area contributed by atoms with Gasteiger partial charge in [0.1, 0.15) is 5.78 Å². The van der Waals surface area contributed by atoms with E-state index in [1.807, 2.05) is 6.92 Å². The lowest BCUT2D eigenvalue weighted by Crippen LogP contribution is -2.49. The summed E-state index contributed by atoms with van der Waals surface area (Å²) in [5, 5.41) is 10.8. The lowest BCUT2D eigenvalue weighted by Gasteiger charge is -2.54. The fourth-order valence-electron chi connectivity index (χ4n) is 7.53. The van der Waals surface area contributed by atoms with E-state index in [-0.39, 0.29) is 5.41 Å². The molecule has 0 heterocycles. The molecule has 0 spiro atoms. The van der Waals surface area contributed by atoms with Crippen LogP contribution in [0.5, 0.6) is 0 Å². The first kappa shape index (κ1) is 18.7. The Hall–Kier alpha value is -0.670. The first-order valence-electron chi connectivity index (χ1n) is 10.8. The zero-order valence-electron chi connectivity index (χ0n) is 16.8. The molecule has 0 radical (unpaired) electrons. The number of allylic oxidation sites excluding steroid dienone is 1. The molecule has 4 aliphatic rings. The number of hydrogen-bond acceptors (Lipinski definition) is 3. The minimum absolute atomic E-state index is 0.241. The number of hydrogen-bond donors (Lipinski definition) is 1. The fourth-order valence-corrected chi connectivity index (χ4v) is 7.53. The summed E-state index contributed by atoms with van der Waals surface area (Å²) in [6.45, 7) is 4.91. The molecule has 0 aromatic heterocycles. The van der Waals surface area contributed by atoms with Crippen molar-refractivity contribution in [2.75, 3.05) is 13.7 Å². The molecule has 3 fully saturated rings. The van der Waals surface area contributed by atoms with Gasteiger partial charge >= 0.3 is 0 Å². The summed E-state index contributed by atoms with van der Waals surface area (Å²) >= 11 is 0. The van der Waals surface area contributed by atoms with Crippen molar-refractivity contribution in [3.8, 4) is 0 Å². The predicted octanol–water partition coefficient (Wildman–Crippen LogP) is 4.53. The van der Waals surface area contributed by atoms with E-state index in [1.165, 1.54) is 24.8 Å². The summed E-state index contributed by atoms with van der Waals surface area (Å²) in [5.41, 5.74) is 1.09. The molecular weight excluding hydrogens is 324 g/mol. The van der Waals surface area contributed by atoms with Gasteiger partial charge in [0, 0.05) is 19.4 Å². The predicted molar refractivity (Wildman–Crippen MR) is 103 cm³/mol. The van der Waals surface area contributed by atoms with Crippen LogP contribution in [0.15, 0.2) is 11.6 Å². The van der Waals surface area contributed by atoms with Crippen LogP contribution >= 0.6 is 0 Å². The van der Waals surface area contributed by atoms with Gasteiger partial charge in [-0.05, 0) is 80.5 Å². The lowest BCUT2D eigenvalue weighted by molar-refractivity contribution is -0.128. The number of carbonyl (C=O) groups is 1. The Bertz CT molecular complexity index is 596. The first-order chi connectivity index (χ1) is 12.4. The molecule has 1 N–H and O–H groups in total. The number of aliphatic hydroxyl groups is 1. The Morgan fingerprint density at radius 3 is 2.77 bits per heavy atom. The molecule has 0 unspecified atom stereocenters. The molecule has 0 aromatic carbocycles. The number of ether oxygens (including phenoxy) is 1. The largest absolute Gasteiger partial charge is 0.387 e. The van der Waals surface area contributed by atoms with Crippen molar-refractivity contribution < 1.29 is 14.6 Å². The molecule has 0 saturated heterocycles. The van der Waals surface area contributed by atoms with E-state index in [1.54, 1.807) is 7.11 Å². The van der Waals surface area contributed by atoms with Crippen LogP contribution in [0.3, 0.4) is 0 Å². The van der Waals surface area contributed by atoms with Crippen LogP contribution in [0.4, 0.5) is 0 Å². The number of Topliss-reactive ketones (excluding diaryl/α,β-unsaturated/α-hetero) is 1. The van der Waals surface area contributed by atoms with Crippen LogP contribution in [0.25, 0.3) is 0 Å². The highest BCUT2D eigenvalue weighted by Crippen LogP contribution is 2.63. The number of fused-ring (bicyclic) bond motifs is 5. The molecular formula is C23H36O3. The number of methoxy groups -OCH3 is 1. The van der Waals surface area contributed by atoms with Gasteiger partial charge in [-0.15, -0.1) is 0 Å². The third-order valence-corrected chi connectivity index (χ3v) is 8.74. The second-order valence-corrected chi connectivity index (χ2v) is 9.92. The Kier molecular flexibility index (Phi) is 4.84. The maximum absolute atomic E-state index is 12.5. The van der Waals surface area contributed by atoms with E-state index in [0.29, 0.717) is 30.6 Å². The molecule has 146 valence electrons. The van der Waals surface area contributed by atoms with Gasteiger partial charge in [0.2, 0.25) is 0 Å². The average Bonchev–Trinajstić information content (AvgIpc) is 2.98. The van der Waals surface area contributed by atoms with Gasteiger partial charge in [0.05, 0.1) is 12.2 Å². The zero-order chi connectivity index (χ0) is 18.5. The quantitative estimate of drug-likeness (QED) is 0.749. The summed E-state index contributed by atoms with van der Waals surface area (Å²) in [5.74, 6) is 3.72. The SMILES string of the molecule is CCC(=O)[C@H]1CC[C@H]2[C@@H]3CC=C4C[C@@](O)(COC)CC[C@@H]4[C@H]3CC[C@]12C. The molecule has 0 amide bonds. The Balaban J connectivity index is 1.55. The monoisotopic (exact) mass is 360 g/mol. The van der Waals surface area contributed by atoms with Crippen LogP contribution in [0, 0.1) is 35.0 Å². The third kappa shape index (κ3) is 2.81. The molecule has 4 rings (SSSR count). The normalized spacial score (nSPS) is 47.5. The average molecular weight is 361 g/mol. The minimum Gasteiger partial charge on any atom is -0.387 e. The summed E-state index contributed by atoms with van der Waals surface area (Å²) < 4.78 is 5.28. The van der Waals surface area contributed by atoms with Gasteiger partial charge < -0.3 is 9.84 Å². The molecule has 0 aliphatic heterocycles. The van der Waals surface area contributed by atoms with Gasteiger partial charge in [0.25, 0.3) is 0 Å². The molecule has 26 heavy (non-hydrogen) atoms. The summed E-state index contributed by atoms with van der Waals surface area (Å²) in [6, 6.07) is 0. The van der Waals surface area contributed by atoms with Crippen LogP contribution in [-0.2, 0) is 9.53 Å². The maximum Gasteiger partial charge on any atom is 0.136 e. The number of ketones is 1. The van der Waals surface area contributed by atoms with Crippen LogP contribution in [-0.4, -0.2) is 30.2 Å². The number of rotatable bonds is 4. The lowest BCUT2D eigenvalue weighted by atomic mass is 9.51. The Labute approximate surface area is 158 Å². The molecule has 0 aromatic rings. The molecule has 0 bridgehead atoms. The van der Waals surface area contributed by atoms with Crippen molar-refractivity contribution in [2.24, 2.45) is 35.0 Å². The van der Waals surface area contributed by atoms with Gasteiger partial charge in [-0.3, -0.25) is 4.79 Å². The van der Waals surface area contributed by atoms with Gasteiger partial charge in [0.15, 0.2) is 0 Å². The van der Waals surface area contributed by atoms with Crippen LogP contribution < -0.4 is 0 Å². The molecule has 3 heteroatoms. The van der Waals surface area contributed by atoms with Crippen molar-refractivity contribution in [1.82, 2.24) is 0 Å². The zero-order valence-corrected chi connectivity index (χ0v) is 16.8. The highest BCUT2D eigenvalue weighted by Gasteiger charge is 2.57. The van der Waals surface area contributed by atoms with Crippen molar-refractivity contribution in [3.05, 3.63) is 11.6 Å². The second-order valence-electron chi connectivity index (χ2n) is 9.92. The summed E-state index contributed by atoms with van der Waals surface area (Å²) in [7, 11) is 1.69. The molecule has 3 nitrogen and oxygen atoms in total. The van der Waals surface area contributed by atoms with Crippen LogP contribution in [0.1, 0.15) is 71.6 Å². The number of carbonyl (C=O) groups excluding carboxylic acids is 1. The fraction of sp³-hybridized carbons (Fsp3) is 0.870. The Morgan fingerprint density at radius 2 is 2.04 bits per heavy atom. The minimum atomic E-state index is -0.654. The van der Waals surface area contributed by atoms with Crippen molar-refractivity contribution in [1.29, 1.82) is 0 Å². The second kappa shape index (κ2) is 6.74. The van der Waals surface area contributed by atoms with Gasteiger partial charge in [-0.1, -0.05) is 25.5 Å². The van der Waals surface area contributed by atoms with Crippen molar-refractivity contribution in [3.63, 3.8) is 0 Å². The first-order valence-corrected chi connectivity index (χ1v) is 10.8. The Morgan fingerprint density at radius 1 is 1.23 bits per heavy atom. The van der Waals surface area contributed by atoms with E-state index in [9.17, 15) is 9.90 Å². The van der Waals surface area contributed by atoms with E-state index in [0.717, 1.165) is 49.9 Å². The third-order valence-electron chi connectivity index (χ3n) is 8.74. The van der Waals surface area contributed by atoms with E-state index in [2.05, 4.69) is 13.0 Å². The molecule has 3 saturated carbocycles. The highest BCUT2D eigenvalue weighted by atomic mass is 16.5. The van der Waals surface area contributed by atoms with Gasteiger partial charge in [-0.2, -0.15) is 0 Å². The van der Waals surface area contributed by atoms with Crippen molar-refractivity contribution >= 4 is 5.78 Å². The molecule has 7 atom stereocenters. The van der Waals surface area contributed by atoms with Crippen LogP contribution in [0.2, 0.25) is 0 Å².